The van der Waals surface area contributed by atoms with Gasteiger partial charge in [-0.15, -0.1) is 0 Å². The fraction of sp³-hybridized carbons (Fsp3) is 0.900. The average Bonchev–Trinajstić information content (AvgIpc) is 2.13. The van der Waals surface area contributed by atoms with Crippen LogP contribution in [0.4, 0.5) is 13.2 Å². The van der Waals surface area contributed by atoms with Gasteiger partial charge in [0.1, 0.15) is 0 Å². The number of nitrogens with two attached hydrogens (primary N) is 1. The zero-order chi connectivity index (χ0) is 12.8. The van der Waals surface area contributed by atoms with Crippen LogP contribution in [0.3, 0.4) is 0 Å². The Balaban J connectivity index is 3.56. The number of carbonyl (C=O) groups excluding carboxylic acids is 1. The van der Waals surface area contributed by atoms with Gasteiger partial charge in [0.2, 0.25) is 5.91 Å². The van der Waals surface area contributed by atoms with Gasteiger partial charge >= 0.3 is 6.18 Å². The van der Waals surface area contributed by atoms with Crippen molar-refractivity contribution >= 4 is 5.91 Å². The van der Waals surface area contributed by atoms with Crippen molar-refractivity contribution in [3.8, 4) is 0 Å². The van der Waals surface area contributed by atoms with Crippen molar-refractivity contribution in [3.63, 3.8) is 0 Å². The second-order valence-corrected chi connectivity index (χ2v) is 4.13. The van der Waals surface area contributed by atoms with Crippen LogP contribution in [0.5, 0.6) is 0 Å². The van der Waals surface area contributed by atoms with Crippen molar-refractivity contribution in [3.05, 3.63) is 0 Å². The van der Waals surface area contributed by atoms with Crippen LogP contribution in [-0.2, 0) is 4.79 Å². The lowest BCUT2D eigenvalue weighted by atomic mass is 10.1. The minimum absolute atomic E-state index is 0.0233. The molecule has 0 aromatic carbocycles. The molecule has 96 valence electrons. The molecule has 0 spiro atoms. The fourth-order valence-electron chi connectivity index (χ4n) is 1.08. The summed E-state index contributed by atoms with van der Waals surface area (Å²) < 4.78 is 35.3. The number of nitrogens with one attached hydrogen (secondary N) is 1. The summed E-state index contributed by atoms with van der Waals surface area (Å²) in [5.41, 5.74) is 5.55. The number of rotatable bonds is 6. The molecule has 0 saturated carbocycles. The first-order chi connectivity index (χ1) is 7.24. The molecule has 0 radical (unpaired) electrons. The Labute approximate surface area is 93.6 Å². The molecule has 0 aromatic rings. The first-order valence-electron chi connectivity index (χ1n) is 5.34. The molecule has 0 heterocycles. The molecule has 0 unspecified atom stereocenters. The molecule has 0 aliphatic carbocycles. The molecule has 0 saturated heterocycles. The number of hydrogen-bond acceptors (Lipinski definition) is 2. The topological polar surface area (TPSA) is 55.1 Å². The van der Waals surface area contributed by atoms with E-state index in [2.05, 4.69) is 5.32 Å². The molecular weight excluding hydrogens is 221 g/mol. The number of amides is 1. The summed E-state index contributed by atoms with van der Waals surface area (Å²) in [6, 6.07) is -0.595. The highest BCUT2D eigenvalue weighted by Gasteiger charge is 2.25. The van der Waals surface area contributed by atoms with E-state index in [9.17, 15) is 18.0 Å². The van der Waals surface area contributed by atoms with E-state index in [0.29, 0.717) is 6.42 Å². The monoisotopic (exact) mass is 240 g/mol. The van der Waals surface area contributed by atoms with Crippen LogP contribution in [0.15, 0.2) is 0 Å². The van der Waals surface area contributed by atoms with E-state index in [0.717, 1.165) is 0 Å². The Hall–Kier alpha value is -0.780. The summed E-state index contributed by atoms with van der Waals surface area (Å²) in [6.45, 7) is 3.87. The largest absolute Gasteiger partial charge is 0.389 e. The minimum atomic E-state index is -4.11. The van der Waals surface area contributed by atoms with Gasteiger partial charge in [0, 0.05) is 13.0 Å². The van der Waals surface area contributed by atoms with E-state index in [1.807, 2.05) is 13.8 Å². The highest BCUT2D eigenvalue weighted by atomic mass is 19.4. The first kappa shape index (κ1) is 15.2. The van der Waals surface area contributed by atoms with Crippen molar-refractivity contribution in [2.45, 2.75) is 45.3 Å². The van der Waals surface area contributed by atoms with Crippen molar-refractivity contribution in [1.29, 1.82) is 0 Å². The van der Waals surface area contributed by atoms with Gasteiger partial charge in [-0.25, -0.2) is 0 Å². The van der Waals surface area contributed by atoms with Gasteiger partial charge in [-0.1, -0.05) is 13.8 Å². The molecule has 1 amide bonds. The summed E-state index contributed by atoms with van der Waals surface area (Å²) in [5.74, 6) is -0.280. The van der Waals surface area contributed by atoms with E-state index < -0.39 is 18.6 Å². The molecule has 3 nitrogen and oxygen atoms in total. The molecule has 0 aliphatic heterocycles. The molecule has 3 N–H and O–H groups in total. The minimum Gasteiger partial charge on any atom is -0.355 e. The average molecular weight is 240 g/mol. The third-order valence-corrected chi connectivity index (χ3v) is 2.21. The van der Waals surface area contributed by atoms with Gasteiger partial charge in [0.25, 0.3) is 0 Å². The molecule has 0 aromatic heterocycles. The maximum Gasteiger partial charge on any atom is 0.389 e. The lowest BCUT2D eigenvalue weighted by molar-refractivity contribution is -0.135. The molecule has 0 bridgehead atoms. The molecule has 6 heteroatoms. The Bertz CT molecular complexity index is 217. The molecular formula is C10H19F3N2O. The highest BCUT2D eigenvalue weighted by Crippen LogP contribution is 2.21. The molecule has 0 rings (SSSR count). The Morgan fingerprint density at radius 2 is 1.88 bits per heavy atom. The van der Waals surface area contributed by atoms with Gasteiger partial charge in [0.15, 0.2) is 0 Å². The predicted molar refractivity (Wildman–Crippen MR) is 55.7 cm³/mol. The Kier molecular flexibility index (Phi) is 6.40. The van der Waals surface area contributed by atoms with Crippen LogP contribution >= 0.6 is 0 Å². The Morgan fingerprint density at radius 1 is 1.31 bits per heavy atom. The zero-order valence-electron chi connectivity index (χ0n) is 9.60. The maximum atomic E-state index is 11.8. The first-order valence-corrected chi connectivity index (χ1v) is 5.34. The van der Waals surface area contributed by atoms with Gasteiger partial charge in [-0.2, -0.15) is 13.2 Å². The molecule has 16 heavy (non-hydrogen) atoms. The molecule has 0 fully saturated rings. The van der Waals surface area contributed by atoms with Crippen molar-refractivity contribution in [2.75, 3.05) is 6.54 Å². The maximum absolute atomic E-state index is 11.8. The lowest BCUT2D eigenvalue weighted by Gasteiger charge is -2.15. The van der Waals surface area contributed by atoms with Crippen molar-refractivity contribution in [2.24, 2.45) is 11.7 Å². The number of alkyl halides is 3. The summed E-state index contributed by atoms with van der Waals surface area (Å²) in [5, 5.41) is 2.52. The summed E-state index contributed by atoms with van der Waals surface area (Å²) in [4.78, 5) is 11.3. The number of unbranched alkanes of at least 4 members (excludes halogenated alkanes) is 1. The highest BCUT2D eigenvalue weighted by molar-refractivity contribution is 5.81. The second-order valence-electron chi connectivity index (χ2n) is 4.13. The standard InChI is InChI=1S/C10H19F3N2O/c1-7(2)8(14)9(16)15-6-4-3-5-10(11,12)13/h7-8H,3-6,14H2,1-2H3,(H,15,16)/t8-/m0/s1. The number of halogens is 3. The van der Waals surface area contributed by atoms with Crippen molar-refractivity contribution in [1.82, 2.24) is 5.32 Å². The fourth-order valence-corrected chi connectivity index (χ4v) is 1.08. The summed E-state index contributed by atoms with van der Waals surface area (Å²) >= 11 is 0. The lowest BCUT2D eigenvalue weighted by Crippen LogP contribution is -2.44. The van der Waals surface area contributed by atoms with E-state index in [1.54, 1.807) is 0 Å². The van der Waals surface area contributed by atoms with Crippen LogP contribution in [0.25, 0.3) is 0 Å². The quantitative estimate of drug-likeness (QED) is 0.696. The van der Waals surface area contributed by atoms with Crippen LogP contribution in [0.1, 0.15) is 33.1 Å². The summed E-state index contributed by atoms with van der Waals surface area (Å²) in [7, 11) is 0. The van der Waals surface area contributed by atoms with E-state index in [1.165, 1.54) is 0 Å². The smallest absolute Gasteiger partial charge is 0.355 e. The van der Waals surface area contributed by atoms with Crippen LogP contribution in [0, 0.1) is 5.92 Å². The molecule has 0 aliphatic rings. The second kappa shape index (κ2) is 6.73. The van der Waals surface area contributed by atoms with E-state index >= 15 is 0 Å². The summed E-state index contributed by atoms with van der Waals surface area (Å²) in [6.07, 6.45) is -4.58. The third kappa shape index (κ3) is 7.50. The molecule has 1 atom stereocenters. The number of hydrogen-bond donors (Lipinski definition) is 2. The van der Waals surface area contributed by atoms with Gasteiger partial charge in [-0.3, -0.25) is 4.79 Å². The van der Waals surface area contributed by atoms with Gasteiger partial charge < -0.3 is 11.1 Å². The third-order valence-electron chi connectivity index (χ3n) is 2.21. The van der Waals surface area contributed by atoms with Crippen molar-refractivity contribution < 1.29 is 18.0 Å². The van der Waals surface area contributed by atoms with E-state index in [4.69, 9.17) is 5.73 Å². The number of carbonyl (C=O) groups is 1. The van der Waals surface area contributed by atoms with E-state index in [-0.39, 0.29) is 24.8 Å². The Morgan fingerprint density at radius 3 is 2.31 bits per heavy atom. The normalized spacial score (nSPS) is 13.9. The van der Waals surface area contributed by atoms with Crippen LogP contribution in [0.2, 0.25) is 0 Å². The SMILES string of the molecule is CC(C)[C@H](N)C(=O)NCCCCC(F)(F)F. The van der Waals surface area contributed by atoms with Gasteiger partial charge in [0.05, 0.1) is 6.04 Å². The predicted octanol–water partition coefficient (Wildman–Crippen LogP) is 1.82. The zero-order valence-corrected chi connectivity index (χ0v) is 9.60. The van der Waals surface area contributed by atoms with Crippen LogP contribution in [-0.4, -0.2) is 24.7 Å². The van der Waals surface area contributed by atoms with Crippen LogP contribution < -0.4 is 11.1 Å². The van der Waals surface area contributed by atoms with Gasteiger partial charge in [-0.05, 0) is 18.8 Å².